The summed E-state index contributed by atoms with van der Waals surface area (Å²) in [6, 6.07) is 23.7. The monoisotopic (exact) mass is 808 g/mol. The van der Waals surface area contributed by atoms with Crippen molar-refractivity contribution in [3.8, 4) is 0 Å². The molecule has 13 heteroatoms. The van der Waals surface area contributed by atoms with Crippen molar-refractivity contribution in [3.05, 3.63) is 118 Å². The summed E-state index contributed by atoms with van der Waals surface area (Å²) in [4.78, 5) is 26.3. The van der Waals surface area contributed by atoms with Crippen LogP contribution in [0, 0.1) is 13.8 Å². The van der Waals surface area contributed by atoms with E-state index in [1.165, 1.54) is 51.2 Å². The predicted octanol–water partition coefficient (Wildman–Crippen LogP) is 8.38. The minimum atomic E-state index is -3.91. The molecule has 0 radical (unpaired) electrons. The summed E-state index contributed by atoms with van der Waals surface area (Å²) in [5, 5.41) is 3.22. The number of likely N-dealkylation sites (tertiary alicyclic amines) is 1. The molecule has 11 nitrogen and oxygen atoms in total. The SMILES string of the molecule is C.C.C1CCNC1.CCc1cccc(C)c1NS(=O)(=O)c1ccccc1C(=O)N1CCCC1.CCc1cccc(C)c1NS(=O)(=O)c1ccccc1C(=O)OC. The Morgan fingerprint density at radius 1 is 0.643 bits per heavy atom. The van der Waals surface area contributed by atoms with Crippen LogP contribution in [0.5, 0.6) is 0 Å². The quantitative estimate of drug-likeness (QED) is 0.135. The highest BCUT2D eigenvalue weighted by Gasteiger charge is 2.28. The van der Waals surface area contributed by atoms with E-state index >= 15 is 0 Å². The van der Waals surface area contributed by atoms with Crippen LogP contribution in [0.1, 0.15) is 97.4 Å². The van der Waals surface area contributed by atoms with Gasteiger partial charge in [0.05, 0.1) is 29.6 Å². The first-order chi connectivity index (χ1) is 25.8. The van der Waals surface area contributed by atoms with Crippen molar-refractivity contribution >= 4 is 43.3 Å². The molecule has 0 unspecified atom stereocenters. The first-order valence-corrected chi connectivity index (χ1v) is 21.3. The van der Waals surface area contributed by atoms with Crippen LogP contribution in [0.25, 0.3) is 0 Å². The van der Waals surface area contributed by atoms with Gasteiger partial charge in [0.25, 0.3) is 26.0 Å². The number of hydrogen-bond acceptors (Lipinski definition) is 8. The van der Waals surface area contributed by atoms with Crippen molar-refractivity contribution in [1.82, 2.24) is 10.2 Å². The Kier molecular flexibility index (Phi) is 18.7. The smallest absolute Gasteiger partial charge is 0.339 e. The van der Waals surface area contributed by atoms with Gasteiger partial charge in [0.15, 0.2) is 0 Å². The fourth-order valence-electron chi connectivity index (χ4n) is 6.29. The van der Waals surface area contributed by atoms with Crippen molar-refractivity contribution in [2.24, 2.45) is 0 Å². The molecule has 0 aromatic heterocycles. The van der Waals surface area contributed by atoms with E-state index in [1.54, 1.807) is 35.2 Å². The molecule has 2 saturated heterocycles. The molecule has 3 N–H and O–H groups in total. The van der Waals surface area contributed by atoms with E-state index in [9.17, 15) is 26.4 Å². The lowest BCUT2D eigenvalue weighted by Gasteiger charge is -2.19. The Labute approximate surface area is 335 Å². The molecular formula is C43H60N4O7S2. The number of anilines is 2. The molecule has 0 spiro atoms. The van der Waals surface area contributed by atoms with Crippen LogP contribution < -0.4 is 14.8 Å². The lowest BCUT2D eigenvalue weighted by atomic mass is 10.1. The third-order valence-corrected chi connectivity index (χ3v) is 12.1. The van der Waals surface area contributed by atoms with Crippen molar-refractivity contribution in [2.45, 2.75) is 90.9 Å². The van der Waals surface area contributed by atoms with E-state index in [-0.39, 0.29) is 41.7 Å². The van der Waals surface area contributed by atoms with Crippen LogP contribution >= 0.6 is 0 Å². The van der Waals surface area contributed by atoms with E-state index in [1.807, 2.05) is 64.1 Å². The average Bonchev–Trinajstić information content (AvgIpc) is 3.95. The number of methoxy groups -OCH3 is 1. The van der Waals surface area contributed by atoms with E-state index in [4.69, 9.17) is 0 Å². The molecule has 0 aliphatic carbocycles. The summed E-state index contributed by atoms with van der Waals surface area (Å²) in [5.41, 5.74) is 4.89. The van der Waals surface area contributed by atoms with Crippen LogP contribution in [-0.2, 0) is 37.6 Å². The second-order valence-electron chi connectivity index (χ2n) is 13.1. The predicted molar refractivity (Wildman–Crippen MR) is 228 cm³/mol. The third kappa shape index (κ3) is 12.1. The van der Waals surface area contributed by atoms with Gasteiger partial charge in [0, 0.05) is 13.1 Å². The van der Waals surface area contributed by atoms with Gasteiger partial charge in [-0.3, -0.25) is 14.2 Å². The minimum Gasteiger partial charge on any atom is -0.465 e. The molecule has 6 rings (SSSR count). The van der Waals surface area contributed by atoms with Crippen molar-refractivity contribution in [2.75, 3.05) is 42.7 Å². The number of rotatable bonds is 10. The highest BCUT2D eigenvalue weighted by atomic mass is 32.2. The second kappa shape index (κ2) is 22.1. The Hall–Kier alpha value is -4.72. The largest absolute Gasteiger partial charge is 0.465 e. The molecule has 56 heavy (non-hydrogen) atoms. The number of nitrogens with zero attached hydrogens (tertiary/aromatic N) is 1. The summed E-state index contributed by atoms with van der Waals surface area (Å²) in [6.45, 7) is 11.5. The number of benzene rings is 4. The summed E-state index contributed by atoms with van der Waals surface area (Å²) < 4.78 is 61.6. The van der Waals surface area contributed by atoms with Gasteiger partial charge in [0.1, 0.15) is 9.79 Å². The zero-order valence-corrected chi connectivity index (χ0v) is 33.4. The van der Waals surface area contributed by atoms with Gasteiger partial charge in [-0.1, -0.05) is 89.4 Å². The number of para-hydroxylation sites is 2. The highest BCUT2D eigenvalue weighted by Crippen LogP contribution is 2.28. The Bertz CT molecular complexity index is 2120. The molecule has 2 fully saturated rings. The molecule has 2 aliphatic rings. The topological polar surface area (TPSA) is 151 Å². The van der Waals surface area contributed by atoms with E-state index in [0.29, 0.717) is 37.3 Å². The molecule has 0 saturated carbocycles. The first-order valence-electron chi connectivity index (χ1n) is 18.3. The Morgan fingerprint density at radius 3 is 1.48 bits per heavy atom. The number of aryl methyl sites for hydroxylation is 4. The zero-order valence-electron chi connectivity index (χ0n) is 31.8. The van der Waals surface area contributed by atoms with Crippen LogP contribution in [0.4, 0.5) is 11.4 Å². The number of hydrogen-bond donors (Lipinski definition) is 3. The van der Waals surface area contributed by atoms with E-state index in [2.05, 4.69) is 19.5 Å². The molecule has 0 bridgehead atoms. The van der Waals surface area contributed by atoms with Crippen molar-refractivity contribution in [1.29, 1.82) is 0 Å². The maximum absolute atomic E-state index is 13.1. The number of carbonyl (C=O) groups is 2. The van der Waals surface area contributed by atoms with Gasteiger partial charge < -0.3 is 15.0 Å². The van der Waals surface area contributed by atoms with Gasteiger partial charge in [-0.25, -0.2) is 21.6 Å². The van der Waals surface area contributed by atoms with Crippen LogP contribution in [-0.4, -0.2) is 66.9 Å². The summed E-state index contributed by atoms with van der Waals surface area (Å²) >= 11 is 0. The number of sulfonamides is 2. The normalized spacial score (nSPS) is 13.4. The molecular weight excluding hydrogens is 749 g/mol. The van der Waals surface area contributed by atoms with Crippen molar-refractivity contribution in [3.63, 3.8) is 0 Å². The van der Waals surface area contributed by atoms with Crippen LogP contribution in [0.2, 0.25) is 0 Å². The van der Waals surface area contributed by atoms with E-state index in [0.717, 1.165) is 35.1 Å². The number of ether oxygens (including phenoxy) is 1. The summed E-state index contributed by atoms with van der Waals surface area (Å²) in [6.07, 6.45) is 6.11. The van der Waals surface area contributed by atoms with Crippen LogP contribution in [0.3, 0.4) is 0 Å². The lowest BCUT2D eigenvalue weighted by Crippen LogP contribution is -2.29. The van der Waals surface area contributed by atoms with Gasteiger partial charge >= 0.3 is 5.97 Å². The molecule has 2 aliphatic heterocycles. The molecule has 4 aromatic rings. The maximum atomic E-state index is 13.1. The third-order valence-electron chi connectivity index (χ3n) is 9.29. The second-order valence-corrected chi connectivity index (χ2v) is 16.4. The van der Waals surface area contributed by atoms with Gasteiger partial charge in [-0.2, -0.15) is 0 Å². The van der Waals surface area contributed by atoms with Gasteiger partial charge in [0.2, 0.25) is 0 Å². The Balaban J connectivity index is 0.000000334. The van der Waals surface area contributed by atoms with Crippen LogP contribution in [0.15, 0.2) is 94.7 Å². The average molecular weight is 809 g/mol. The zero-order chi connectivity index (χ0) is 39.3. The highest BCUT2D eigenvalue weighted by molar-refractivity contribution is 7.93. The summed E-state index contributed by atoms with van der Waals surface area (Å²) in [5.74, 6) is -0.907. The maximum Gasteiger partial charge on any atom is 0.339 e. The minimum absolute atomic E-state index is 0. The number of amides is 1. The lowest BCUT2D eigenvalue weighted by molar-refractivity contribution is 0.0596. The van der Waals surface area contributed by atoms with Gasteiger partial charge in [-0.15, -0.1) is 0 Å². The molecule has 2 heterocycles. The molecule has 0 atom stereocenters. The number of esters is 1. The van der Waals surface area contributed by atoms with Gasteiger partial charge in [-0.05, 0) is 112 Å². The van der Waals surface area contributed by atoms with E-state index < -0.39 is 26.0 Å². The fourth-order valence-corrected chi connectivity index (χ4v) is 9.03. The van der Waals surface area contributed by atoms with Crippen molar-refractivity contribution < 1.29 is 31.2 Å². The molecule has 4 aromatic carbocycles. The Morgan fingerprint density at radius 2 is 1.07 bits per heavy atom. The number of carbonyl (C=O) groups excluding carboxylic acids is 2. The standard InChI is InChI=1S/C20H24N2O3S.C17H19NO4S.C4H9N.2CH4/c1-3-16-10-8-9-15(2)19(16)21-26(24,25)18-12-5-4-11-17(18)20(23)22-13-6-7-14-22;1-4-13-9-7-8-12(2)16(13)18-23(20,21)15-11-6-5-10-14(15)17(19)22-3;1-2-4-5-3-1;;/h4-5,8-12,21H,3,6-7,13-14H2,1-2H3;5-11,18H,4H2,1-3H3;5H,1-4H2;2*1H4. The summed E-state index contributed by atoms with van der Waals surface area (Å²) in [7, 11) is -6.56. The number of nitrogens with one attached hydrogen (secondary N) is 3. The molecule has 306 valence electrons. The molecule has 1 amide bonds. The first kappa shape index (κ1) is 47.4. The fraction of sp³-hybridized carbons (Fsp3) is 0.395.